The zero-order valence-electron chi connectivity index (χ0n) is 12.0. The summed E-state index contributed by atoms with van der Waals surface area (Å²) < 4.78 is 10.7. The molecule has 3 N–H and O–H groups in total. The summed E-state index contributed by atoms with van der Waals surface area (Å²) in [7, 11) is 3.19. The van der Waals surface area contributed by atoms with Crippen molar-refractivity contribution in [1.29, 1.82) is 0 Å². The smallest absolute Gasteiger partial charge is 0.224 e. The van der Waals surface area contributed by atoms with Gasteiger partial charge >= 0.3 is 0 Å². The highest BCUT2D eigenvalue weighted by molar-refractivity contribution is 5.93. The van der Waals surface area contributed by atoms with Gasteiger partial charge in [0.05, 0.1) is 19.9 Å². The predicted octanol–water partition coefficient (Wildman–Crippen LogP) is 2.00. The first-order chi connectivity index (χ1) is 9.04. The highest BCUT2D eigenvalue weighted by Crippen LogP contribution is 2.36. The highest BCUT2D eigenvalue weighted by Gasteiger charge is 2.15. The van der Waals surface area contributed by atoms with Crippen LogP contribution in [0, 0.1) is 13.8 Å². The number of ether oxygens (including phenoxy) is 2. The molecule has 19 heavy (non-hydrogen) atoms. The van der Waals surface area contributed by atoms with Gasteiger partial charge in [-0.1, -0.05) is 0 Å². The molecule has 0 radical (unpaired) electrons. The Hall–Kier alpha value is -1.75. The molecule has 0 saturated carbocycles. The van der Waals surface area contributed by atoms with Crippen LogP contribution in [-0.2, 0) is 4.79 Å². The van der Waals surface area contributed by atoms with Crippen LogP contribution >= 0.6 is 0 Å². The summed E-state index contributed by atoms with van der Waals surface area (Å²) in [5.41, 5.74) is 7.97. The van der Waals surface area contributed by atoms with Gasteiger partial charge in [0.2, 0.25) is 5.91 Å². The maximum Gasteiger partial charge on any atom is 0.224 e. The van der Waals surface area contributed by atoms with E-state index in [0.29, 0.717) is 30.8 Å². The summed E-state index contributed by atoms with van der Waals surface area (Å²) in [6.07, 6.45) is 1.06. The Kier molecular flexibility index (Phi) is 5.63. The molecular weight excluding hydrogens is 244 g/mol. The second-order valence-corrected chi connectivity index (χ2v) is 4.35. The quantitative estimate of drug-likeness (QED) is 0.826. The van der Waals surface area contributed by atoms with Crippen LogP contribution in [0.1, 0.15) is 24.0 Å². The molecular formula is C14H22N2O3. The standard InChI is InChI=1S/C14H22N2O3/c1-9-10(2)14(19-4)11(8-12(9)18-3)16-13(17)6-5-7-15/h8H,5-7,15H2,1-4H3,(H,16,17). The van der Waals surface area contributed by atoms with E-state index in [1.54, 1.807) is 20.3 Å². The van der Waals surface area contributed by atoms with Gasteiger partial charge in [0.25, 0.3) is 0 Å². The summed E-state index contributed by atoms with van der Waals surface area (Å²) in [4.78, 5) is 11.8. The first-order valence-electron chi connectivity index (χ1n) is 6.27. The van der Waals surface area contributed by atoms with E-state index in [0.717, 1.165) is 16.9 Å². The summed E-state index contributed by atoms with van der Waals surface area (Å²) in [6, 6.07) is 1.78. The maximum atomic E-state index is 11.8. The molecule has 0 saturated heterocycles. The lowest BCUT2D eigenvalue weighted by Crippen LogP contribution is -2.14. The van der Waals surface area contributed by atoms with Crippen molar-refractivity contribution in [1.82, 2.24) is 0 Å². The number of amides is 1. The number of nitrogens with two attached hydrogens (primary N) is 1. The minimum atomic E-state index is -0.0749. The van der Waals surface area contributed by atoms with Gasteiger partial charge in [-0.3, -0.25) is 4.79 Å². The first kappa shape index (κ1) is 15.3. The Morgan fingerprint density at radius 1 is 1.26 bits per heavy atom. The molecule has 0 unspecified atom stereocenters. The van der Waals surface area contributed by atoms with E-state index in [9.17, 15) is 4.79 Å². The normalized spacial score (nSPS) is 10.2. The lowest BCUT2D eigenvalue weighted by Gasteiger charge is -2.17. The molecule has 0 spiro atoms. The van der Waals surface area contributed by atoms with E-state index < -0.39 is 0 Å². The Bertz CT molecular complexity index is 458. The number of carbonyl (C=O) groups is 1. The zero-order chi connectivity index (χ0) is 14.4. The fourth-order valence-electron chi connectivity index (χ4n) is 1.91. The van der Waals surface area contributed by atoms with Crippen molar-refractivity contribution in [2.45, 2.75) is 26.7 Å². The van der Waals surface area contributed by atoms with Gasteiger partial charge in [-0.15, -0.1) is 0 Å². The van der Waals surface area contributed by atoms with Crippen LogP contribution in [0.15, 0.2) is 6.07 Å². The third-order valence-electron chi connectivity index (χ3n) is 3.10. The summed E-state index contributed by atoms with van der Waals surface area (Å²) in [6.45, 7) is 4.39. The molecule has 0 bridgehead atoms. The monoisotopic (exact) mass is 266 g/mol. The maximum absolute atomic E-state index is 11.8. The lowest BCUT2D eigenvalue weighted by molar-refractivity contribution is -0.116. The van der Waals surface area contributed by atoms with E-state index in [-0.39, 0.29) is 5.91 Å². The fourth-order valence-corrected chi connectivity index (χ4v) is 1.91. The van der Waals surface area contributed by atoms with Crippen molar-refractivity contribution in [2.75, 3.05) is 26.1 Å². The zero-order valence-corrected chi connectivity index (χ0v) is 12.0. The molecule has 5 nitrogen and oxygen atoms in total. The van der Waals surface area contributed by atoms with E-state index in [1.165, 1.54) is 0 Å². The SMILES string of the molecule is COc1cc(NC(=O)CCCN)c(OC)c(C)c1C. The van der Waals surface area contributed by atoms with Crippen LogP contribution in [0.25, 0.3) is 0 Å². The van der Waals surface area contributed by atoms with Crippen molar-refractivity contribution in [3.63, 3.8) is 0 Å². The van der Waals surface area contributed by atoms with Gasteiger partial charge in [0.15, 0.2) is 0 Å². The second kappa shape index (κ2) is 6.99. The van der Waals surface area contributed by atoms with Crippen molar-refractivity contribution in [3.05, 3.63) is 17.2 Å². The van der Waals surface area contributed by atoms with Crippen LogP contribution < -0.4 is 20.5 Å². The van der Waals surface area contributed by atoms with Gasteiger partial charge in [0, 0.05) is 12.5 Å². The van der Waals surface area contributed by atoms with Crippen LogP contribution in [0.3, 0.4) is 0 Å². The molecule has 1 aromatic rings. The van der Waals surface area contributed by atoms with Crippen LogP contribution in [0.2, 0.25) is 0 Å². The minimum absolute atomic E-state index is 0.0749. The Labute approximate surface area is 114 Å². The molecule has 1 aromatic carbocycles. The van der Waals surface area contributed by atoms with E-state index >= 15 is 0 Å². The Balaban J connectivity index is 3.05. The van der Waals surface area contributed by atoms with Crippen LogP contribution in [-0.4, -0.2) is 26.7 Å². The van der Waals surface area contributed by atoms with Crippen molar-refractivity contribution in [3.8, 4) is 11.5 Å². The Morgan fingerprint density at radius 3 is 2.47 bits per heavy atom. The largest absolute Gasteiger partial charge is 0.496 e. The van der Waals surface area contributed by atoms with Gasteiger partial charge in [-0.25, -0.2) is 0 Å². The predicted molar refractivity (Wildman–Crippen MR) is 75.9 cm³/mol. The van der Waals surface area contributed by atoms with Gasteiger partial charge in [0.1, 0.15) is 11.5 Å². The van der Waals surface area contributed by atoms with Gasteiger partial charge in [-0.05, 0) is 37.9 Å². The molecule has 0 heterocycles. The molecule has 0 aromatic heterocycles. The number of carbonyl (C=O) groups excluding carboxylic acids is 1. The average molecular weight is 266 g/mol. The van der Waals surface area contributed by atoms with Gasteiger partial charge in [-0.2, -0.15) is 0 Å². The van der Waals surface area contributed by atoms with Crippen LogP contribution in [0.5, 0.6) is 11.5 Å². The van der Waals surface area contributed by atoms with Crippen LogP contribution in [0.4, 0.5) is 5.69 Å². The second-order valence-electron chi connectivity index (χ2n) is 4.35. The number of methoxy groups -OCH3 is 2. The number of benzene rings is 1. The van der Waals surface area contributed by atoms with Crippen molar-refractivity contribution < 1.29 is 14.3 Å². The fraction of sp³-hybridized carbons (Fsp3) is 0.500. The molecule has 0 aliphatic rings. The number of hydrogen-bond acceptors (Lipinski definition) is 4. The summed E-state index contributed by atoms with van der Waals surface area (Å²) >= 11 is 0. The molecule has 106 valence electrons. The molecule has 0 atom stereocenters. The van der Waals surface area contributed by atoms with E-state index in [2.05, 4.69) is 5.32 Å². The number of nitrogens with one attached hydrogen (secondary N) is 1. The molecule has 0 fully saturated rings. The number of rotatable bonds is 6. The summed E-state index contributed by atoms with van der Waals surface area (Å²) in [5.74, 6) is 1.32. The molecule has 0 aliphatic carbocycles. The first-order valence-corrected chi connectivity index (χ1v) is 6.27. The third kappa shape index (κ3) is 3.61. The third-order valence-corrected chi connectivity index (χ3v) is 3.10. The molecule has 1 amide bonds. The Morgan fingerprint density at radius 2 is 1.95 bits per heavy atom. The molecule has 0 aliphatic heterocycles. The van der Waals surface area contributed by atoms with Gasteiger partial charge < -0.3 is 20.5 Å². The number of anilines is 1. The van der Waals surface area contributed by atoms with Crippen molar-refractivity contribution >= 4 is 11.6 Å². The topological polar surface area (TPSA) is 73.6 Å². The molecule has 1 rings (SSSR count). The molecule has 5 heteroatoms. The lowest BCUT2D eigenvalue weighted by atomic mass is 10.1. The van der Waals surface area contributed by atoms with Crippen molar-refractivity contribution in [2.24, 2.45) is 5.73 Å². The highest BCUT2D eigenvalue weighted by atomic mass is 16.5. The van der Waals surface area contributed by atoms with E-state index in [1.807, 2.05) is 13.8 Å². The van der Waals surface area contributed by atoms with E-state index in [4.69, 9.17) is 15.2 Å². The number of hydrogen-bond donors (Lipinski definition) is 2. The summed E-state index contributed by atoms with van der Waals surface area (Å²) in [5, 5.41) is 2.84. The minimum Gasteiger partial charge on any atom is -0.496 e. The average Bonchev–Trinajstić information content (AvgIpc) is 2.40.